The average molecular weight is 492 g/mol. The summed E-state index contributed by atoms with van der Waals surface area (Å²) < 4.78 is 5.39. The Morgan fingerprint density at radius 3 is 2.50 bits per heavy atom. The van der Waals surface area contributed by atoms with Crippen LogP contribution in [0.1, 0.15) is 41.4 Å². The van der Waals surface area contributed by atoms with E-state index in [-0.39, 0.29) is 28.7 Å². The van der Waals surface area contributed by atoms with Crippen LogP contribution in [0.5, 0.6) is 5.88 Å². The number of anilines is 2. The van der Waals surface area contributed by atoms with Crippen molar-refractivity contribution in [3.05, 3.63) is 47.2 Å². The van der Waals surface area contributed by atoms with E-state index < -0.39 is 0 Å². The molecular weight excluding hydrogens is 454 g/mol. The Kier molecular flexibility index (Phi) is 8.62. The summed E-state index contributed by atoms with van der Waals surface area (Å²) in [6, 6.07) is 12.4. The van der Waals surface area contributed by atoms with Crippen molar-refractivity contribution >= 4 is 17.3 Å². The number of piperazine rings is 1. The van der Waals surface area contributed by atoms with E-state index in [1.54, 1.807) is 6.92 Å². The Morgan fingerprint density at radius 1 is 1.17 bits per heavy atom. The highest BCUT2D eigenvalue weighted by molar-refractivity contribution is 5.93. The van der Waals surface area contributed by atoms with E-state index in [0.717, 1.165) is 58.7 Å². The lowest BCUT2D eigenvalue weighted by Crippen LogP contribution is -2.44. The van der Waals surface area contributed by atoms with Crippen molar-refractivity contribution in [1.82, 2.24) is 20.1 Å². The van der Waals surface area contributed by atoms with Gasteiger partial charge >= 0.3 is 0 Å². The molecule has 9 nitrogen and oxygen atoms in total. The first-order valence-electron chi connectivity index (χ1n) is 12.8. The number of nitriles is 1. The van der Waals surface area contributed by atoms with Gasteiger partial charge in [0.05, 0.1) is 12.3 Å². The van der Waals surface area contributed by atoms with Gasteiger partial charge in [0.15, 0.2) is 0 Å². The van der Waals surface area contributed by atoms with E-state index in [1.165, 1.54) is 17.3 Å². The van der Waals surface area contributed by atoms with Crippen LogP contribution in [0, 0.1) is 17.2 Å². The molecule has 0 saturated carbocycles. The Hall–Kier alpha value is -3.35. The zero-order chi connectivity index (χ0) is 25.5. The molecule has 0 unspecified atom stereocenters. The summed E-state index contributed by atoms with van der Waals surface area (Å²) in [6.45, 7) is 10.1. The van der Waals surface area contributed by atoms with E-state index in [0.29, 0.717) is 19.1 Å². The molecule has 4 rings (SSSR count). The molecule has 3 heterocycles. The zero-order valence-corrected chi connectivity index (χ0v) is 21.4. The number of piperidine rings is 1. The number of aromatic nitrogens is 1. The molecule has 2 aliphatic rings. The van der Waals surface area contributed by atoms with Crippen molar-refractivity contribution in [2.75, 3.05) is 70.1 Å². The van der Waals surface area contributed by atoms with Crippen LogP contribution in [0.15, 0.2) is 30.3 Å². The SMILES string of the molecule is CCOc1nc(C(=O)NCC2CCN(Cc3ccc(N4CCN(C)CC4)cc3)CC2)cc(N)c1C#N. The minimum absolute atomic E-state index is 0.107. The van der Waals surface area contributed by atoms with Crippen molar-refractivity contribution in [1.29, 1.82) is 5.26 Å². The van der Waals surface area contributed by atoms with Gasteiger partial charge in [0, 0.05) is 45.0 Å². The number of nitrogens with two attached hydrogens (primary N) is 1. The van der Waals surface area contributed by atoms with Crippen LogP contribution in [0.3, 0.4) is 0 Å². The first-order chi connectivity index (χ1) is 17.5. The molecule has 3 N–H and O–H groups in total. The third-order valence-corrected chi connectivity index (χ3v) is 7.11. The second-order valence-electron chi connectivity index (χ2n) is 9.71. The Bertz CT molecular complexity index is 1070. The fourth-order valence-electron chi connectivity index (χ4n) is 4.82. The summed E-state index contributed by atoms with van der Waals surface area (Å²) >= 11 is 0. The molecule has 0 atom stereocenters. The largest absolute Gasteiger partial charge is 0.477 e. The van der Waals surface area contributed by atoms with Crippen molar-refractivity contribution < 1.29 is 9.53 Å². The number of likely N-dealkylation sites (tertiary alicyclic amines) is 1. The predicted octanol–water partition coefficient (Wildman–Crippen LogP) is 2.33. The molecule has 9 heteroatoms. The Morgan fingerprint density at radius 2 is 1.86 bits per heavy atom. The van der Waals surface area contributed by atoms with Gasteiger partial charge in [0.25, 0.3) is 5.91 Å². The van der Waals surface area contributed by atoms with Crippen LogP contribution < -0.4 is 20.7 Å². The molecular formula is C27H37N7O2. The number of ether oxygens (including phenoxy) is 1. The molecule has 1 amide bonds. The Balaban J connectivity index is 1.22. The van der Waals surface area contributed by atoms with Gasteiger partial charge in [-0.25, -0.2) is 4.98 Å². The second kappa shape index (κ2) is 12.1. The van der Waals surface area contributed by atoms with Crippen LogP contribution in [0.25, 0.3) is 0 Å². The first kappa shape index (κ1) is 25.7. The second-order valence-corrected chi connectivity index (χ2v) is 9.71. The van der Waals surface area contributed by atoms with Crippen molar-refractivity contribution in [2.45, 2.75) is 26.3 Å². The van der Waals surface area contributed by atoms with Gasteiger partial charge in [-0.3, -0.25) is 9.69 Å². The van der Waals surface area contributed by atoms with Crippen LogP contribution >= 0.6 is 0 Å². The number of hydrogen-bond acceptors (Lipinski definition) is 8. The standard InChI is InChI=1S/C27H37N7O2/c1-3-36-27-23(17-28)24(29)16-25(31-27)26(35)30-18-20-8-10-33(11-9-20)19-21-4-6-22(7-5-21)34-14-12-32(2)13-15-34/h4-7,16,20H,3,8-15,18-19H2,1-2H3,(H2,29,31)(H,30,35). The molecule has 2 saturated heterocycles. The fourth-order valence-corrected chi connectivity index (χ4v) is 4.82. The van der Waals surface area contributed by atoms with Gasteiger partial charge in [-0.1, -0.05) is 12.1 Å². The van der Waals surface area contributed by atoms with Crippen molar-refractivity contribution in [3.63, 3.8) is 0 Å². The molecule has 0 spiro atoms. The lowest BCUT2D eigenvalue weighted by Gasteiger charge is -2.34. The highest BCUT2D eigenvalue weighted by Crippen LogP contribution is 2.24. The van der Waals surface area contributed by atoms with Crippen molar-refractivity contribution in [2.24, 2.45) is 5.92 Å². The normalized spacial score (nSPS) is 17.5. The van der Waals surface area contributed by atoms with Gasteiger partial charge in [0.2, 0.25) is 5.88 Å². The summed E-state index contributed by atoms with van der Waals surface area (Å²) in [5.41, 5.74) is 9.13. The molecule has 2 fully saturated rings. The number of hydrogen-bond donors (Lipinski definition) is 2. The van der Waals surface area contributed by atoms with E-state index in [2.05, 4.69) is 56.3 Å². The number of amides is 1. The number of pyridine rings is 1. The molecule has 1 aromatic heterocycles. The van der Waals surface area contributed by atoms with Crippen LogP contribution in [0.2, 0.25) is 0 Å². The fraction of sp³-hybridized carbons (Fsp3) is 0.519. The van der Waals surface area contributed by atoms with Gasteiger partial charge in [0.1, 0.15) is 17.3 Å². The molecule has 0 bridgehead atoms. The maximum atomic E-state index is 12.7. The molecule has 0 radical (unpaired) electrons. The third-order valence-electron chi connectivity index (χ3n) is 7.11. The zero-order valence-electron chi connectivity index (χ0n) is 21.4. The highest BCUT2D eigenvalue weighted by atomic mass is 16.5. The van der Waals surface area contributed by atoms with Gasteiger partial charge < -0.3 is 25.6 Å². The highest BCUT2D eigenvalue weighted by Gasteiger charge is 2.22. The monoisotopic (exact) mass is 491 g/mol. The van der Waals surface area contributed by atoms with Crippen molar-refractivity contribution in [3.8, 4) is 11.9 Å². The summed E-state index contributed by atoms with van der Waals surface area (Å²) in [6.07, 6.45) is 2.07. The first-order valence-corrected chi connectivity index (χ1v) is 12.8. The number of nitrogens with zero attached hydrogens (tertiary/aromatic N) is 5. The number of nitrogens with one attached hydrogen (secondary N) is 1. The molecule has 36 heavy (non-hydrogen) atoms. The number of carbonyl (C=O) groups excluding carboxylic acids is 1. The third kappa shape index (κ3) is 6.45. The van der Waals surface area contributed by atoms with Gasteiger partial charge in [-0.15, -0.1) is 0 Å². The molecule has 192 valence electrons. The number of carbonyl (C=O) groups is 1. The summed E-state index contributed by atoms with van der Waals surface area (Å²) in [4.78, 5) is 24.2. The molecule has 0 aliphatic carbocycles. The number of benzene rings is 1. The van der Waals surface area contributed by atoms with Crippen LogP contribution in [0.4, 0.5) is 11.4 Å². The van der Waals surface area contributed by atoms with Gasteiger partial charge in [-0.05, 0) is 69.6 Å². The maximum absolute atomic E-state index is 12.7. The lowest BCUT2D eigenvalue weighted by atomic mass is 9.96. The minimum Gasteiger partial charge on any atom is -0.477 e. The topological polar surface area (TPSA) is 111 Å². The lowest BCUT2D eigenvalue weighted by molar-refractivity contribution is 0.0929. The quantitative estimate of drug-likeness (QED) is 0.579. The smallest absolute Gasteiger partial charge is 0.270 e. The summed E-state index contributed by atoms with van der Waals surface area (Å²) in [5.74, 6) is 0.233. The number of nitrogen functional groups attached to an aromatic ring is 1. The van der Waals surface area contributed by atoms with E-state index in [1.807, 2.05) is 6.07 Å². The molecule has 1 aromatic carbocycles. The predicted molar refractivity (Wildman–Crippen MR) is 141 cm³/mol. The number of likely N-dealkylation sites (N-methyl/N-ethyl adjacent to an activating group) is 1. The van der Waals surface area contributed by atoms with E-state index in [9.17, 15) is 10.1 Å². The van der Waals surface area contributed by atoms with E-state index >= 15 is 0 Å². The van der Waals surface area contributed by atoms with E-state index in [4.69, 9.17) is 10.5 Å². The Labute approximate surface area is 213 Å². The number of rotatable bonds is 8. The molecule has 2 aromatic rings. The summed E-state index contributed by atoms with van der Waals surface area (Å²) in [5, 5.41) is 12.2. The average Bonchev–Trinajstić information content (AvgIpc) is 2.89. The minimum atomic E-state index is -0.296. The maximum Gasteiger partial charge on any atom is 0.270 e. The van der Waals surface area contributed by atoms with Gasteiger partial charge in [-0.2, -0.15) is 5.26 Å². The summed E-state index contributed by atoms with van der Waals surface area (Å²) in [7, 11) is 2.18. The molecule has 2 aliphatic heterocycles. The van der Waals surface area contributed by atoms with Crippen LogP contribution in [-0.2, 0) is 6.54 Å². The van der Waals surface area contributed by atoms with Crippen LogP contribution in [-0.4, -0.2) is 80.2 Å².